The van der Waals surface area contributed by atoms with Gasteiger partial charge in [-0.05, 0) is 30.5 Å². The molecule has 3 rings (SSSR count). The van der Waals surface area contributed by atoms with Crippen LogP contribution in [0.2, 0.25) is 0 Å². The lowest BCUT2D eigenvalue weighted by molar-refractivity contribution is 0.235. The van der Waals surface area contributed by atoms with E-state index in [4.69, 9.17) is 0 Å². The van der Waals surface area contributed by atoms with Crippen molar-refractivity contribution < 1.29 is 0 Å². The first kappa shape index (κ1) is 16.4. The van der Waals surface area contributed by atoms with Crippen molar-refractivity contribution in [1.29, 1.82) is 0 Å². The zero-order chi connectivity index (χ0) is 16.3. The van der Waals surface area contributed by atoms with Gasteiger partial charge in [-0.1, -0.05) is 32.9 Å². The molecule has 1 saturated heterocycles. The maximum atomic E-state index is 4.44. The first-order valence-corrected chi connectivity index (χ1v) is 8.65. The van der Waals surface area contributed by atoms with Crippen LogP contribution < -0.4 is 16.2 Å². The van der Waals surface area contributed by atoms with Crippen LogP contribution in [0.15, 0.2) is 30.6 Å². The smallest absolute Gasteiger partial charge is 0.0958 e. The van der Waals surface area contributed by atoms with Crippen molar-refractivity contribution in [3.05, 3.63) is 30.6 Å². The average Bonchev–Trinajstić information content (AvgIpc) is 3.13. The molecule has 126 valence electrons. The lowest BCUT2D eigenvalue weighted by Gasteiger charge is -2.31. The van der Waals surface area contributed by atoms with Crippen LogP contribution in [-0.2, 0) is 6.54 Å². The number of imidazole rings is 1. The minimum Gasteiger partial charge on any atom is -0.331 e. The van der Waals surface area contributed by atoms with Gasteiger partial charge >= 0.3 is 0 Å². The number of para-hydroxylation sites is 2. The molecule has 5 heteroatoms. The van der Waals surface area contributed by atoms with Gasteiger partial charge < -0.3 is 9.88 Å². The normalized spacial score (nSPS) is 22.0. The van der Waals surface area contributed by atoms with Crippen LogP contribution in [0.4, 0.5) is 0 Å². The molecule has 23 heavy (non-hydrogen) atoms. The number of nitrogens with one attached hydrogen (secondary N) is 3. The van der Waals surface area contributed by atoms with Crippen LogP contribution in [0, 0.1) is 11.3 Å². The number of aryl methyl sites for hydroxylation is 1. The van der Waals surface area contributed by atoms with Gasteiger partial charge in [0, 0.05) is 31.6 Å². The number of hydrogen-bond acceptors (Lipinski definition) is 4. The van der Waals surface area contributed by atoms with E-state index >= 15 is 0 Å². The maximum Gasteiger partial charge on any atom is 0.0958 e. The zero-order valence-corrected chi connectivity index (χ0v) is 14.5. The second-order valence-corrected chi connectivity index (χ2v) is 7.61. The molecule has 0 aliphatic carbocycles. The fourth-order valence-electron chi connectivity index (χ4n) is 3.50. The second kappa shape index (κ2) is 6.99. The molecule has 2 atom stereocenters. The zero-order valence-electron chi connectivity index (χ0n) is 14.5. The van der Waals surface area contributed by atoms with E-state index in [1.54, 1.807) is 0 Å². The van der Waals surface area contributed by atoms with E-state index in [0.29, 0.717) is 12.0 Å². The molecular weight excluding hydrogens is 286 g/mol. The quantitative estimate of drug-likeness (QED) is 0.715. The van der Waals surface area contributed by atoms with Gasteiger partial charge in [0.1, 0.15) is 0 Å². The molecule has 0 spiro atoms. The molecule has 2 aromatic rings. The van der Waals surface area contributed by atoms with Crippen LogP contribution in [0.25, 0.3) is 11.0 Å². The first-order valence-electron chi connectivity index (χ1n) is 8.65. The standard InChI is InChI=1S/C18H29N5/c1-18(2,3)17-14(12-21-22-17)11-19-9-6-10-23-13-20-15-7-4-5-8-16(15)23/h4-5,7-8,13-14,17,19,21-22H,6,9-12H2,1-3H3. The molecule has 1 aliphatic rings. The van der Waals surface area contributed by atoms with Crippen molar-refractivity contribution in [2.45, 2.75) is 39.8 Å². The highest BCUT2D eigenvalue weighted by Crippen LogP contribution is 2.26. The summed E-state index contributed by atoms with van der Waals surface area (Å²) in [6.45, 7) is 11.1. The Bertz CT molecular complexity index is 628. The summed E-state index contributed by atoms with van der Waals surface area (Å²) in [5, 5.41) is 3.63. The van der Waals surface area contributed by atoms with Gasteiger partial charge in [-0.25, -0.2) is 4.98 Å². The van der Waals surface area contributed by atoms with Crippen molar-refractivity contribution in [2.24, 2.45) is 11.3 Å². The van der Waals surface area contributed by atoms with Gasteiger partial charge in [-0.2, -0.15) is 0 Å². The Labute approximate surface area is 138 Å². The van der Waals surface area contributed by atoms with Gasteiger partial charge in [0.05, 0.1) is 17.4 Å². The highest BCUT2D eigenvalue weighted by molar-refractivity contribution is 5.74. The summed E-state index contributed by atoms with van der Waals surface area (Å²) in [6, 6.07) is 8.84. The summed E-state index contributed by atoms with van der Waals surface area (Å²) < 4.78 is 2.24. The molecule has 2 unspecified atom stereocenters. The summed E-state index contributed by atoms with van der Waals surface area (Å²) in [7, 11) is 0. The summed E-state index contributed by atoms with van der Waals surface area (Å²) in [5.41, 5.74) is 9.33. The minimum absolute atomic E-state index is 0.283. The van der Waals surface area contributed by atoms with Gasteiger partial charge in [0.25, 0.3) is 0 Å². The van der Waals surface area contributed by atoms with E-state index in [1.807, 2.05) is 12.4 Å². The van der Waals surface area contributed by atoms with Gasteiger partial charge in [0.2, 0.25) is 0 Å². The Morgan fingerprint density at radius 3 is 2.96 bits per heavy atom. The molecule has 0 bridgehead atoms. The Morgan fingerprint density at radius 2 is 2.13 bits per heavy atom. The van der Waals surface area contributed by atoms with E-state index in [1.165, 1.54) is 5.52 Å². The van der Waals surface area contributed by atoms with Crippen molar-refractivity contribution in [1.82, 2.24) is 25.7 Å². The summed E-state index contributed by atoms with van der Waals surface area (Å²) in [5.74, 6) is 0.643. The predicted octanol–water partition coefficient (Wildman–Crippen LogP) is 2.15. The monoisotopic (exact) mass is 315 g/mol. The van der Waals surface area contributed by atoms with Gasteiger partial charge in [-0.15, -0.1) is 0 Å². The van der Waals surface area contributed by atoms with E-state index in [0.717, 1.165) is 38.1 Å². The molecule has 0 radical (unpaired) electrons. The van der Waals surface area contributed by atoms with E-state index < -0.39 is 0 Å². The van der Waals surface area contributed by atoms with Gasteiger partial charge in [-0.3, -0.25) is 10.9 Å². The first-order chi connectivity index (χ1) is 11.1. The Balaban J connectivity index is 1.42. The number of hydrazine groups is 1. The molecule has 1 fully saturated rings. The third-order valence-corrected chi connectivity index (χ3v) is 4.71. The molecule has 0 saturated carbocycles. The lowest BCUT2D eigenvalue weighted by Crippen LogP contribution is -2.44. The lowest BCUT2D eigenvalue weighted by atomic mass is 9.80. The number of fused-ring (bicyclic) bond motifs is 1. The molecule has 5 nitrogen and oxygen atoms in total. The van der Waals surface area contributed by atoms with Crippen LogP contribution >= 0.6 is 0 Å². The fraction of sp³-hybridized carbons (Fsp3) is 0.611. The van der Waals surface area contributed by atoms with Crippen LogP contribution in [0.3, 0.4) is 0 Å². The number of nitrogens with zero attached hydrogens (tertiary/aromatic N) is 2. The molecule has 0 amide bonds. The molecular formula is C18H29N5. The predicted molar refractivity (Wildman–Crippen MR) is 95.1 cm³/mol. The fourth-order valence-corrected chi connectivity index (χ4v) is 3.50. The molecule has 1 aliphatic heterocycles. The molecule has 1 aromatic heterocycles. The van der Waals surface area contributed by atoms with Gasteiger partial charge in [0.15, 0.2) is 0 Å². The molecule has 1 aromatic carbocycles. The molecule has 3 N–H and O–H groups in total. The summed E-state index contributed by atoms with van der Waals surface area (Å²) >= 11 is 0. The van der Waals surface area contributed by atoms with Crippen molar-refractivity contribution in [3.63, 3.8) is 0 Å². The van der Waals surface area contributed by atoms with Crippen molar-refractivity contribution in [3.8, 4) is 0 Å². The van der Waals surface area contributed by atoms with Crippen LogP contribution in [-0.4, -0.2) is 35.2 Å². The third kappa shape index (κ3) is 3.91. The SMILES string of the molecule is CC(C)(C)C1NNCC1CNCCCn1cnc2ccccc21. The topological polar surface area (TPSA) is 53.9 Å². The molecule has 2 heterocycles. The number of aromatic nitrogens is 2. The van der Waals surface area contributed by atoms with Crippen LogP contribution in [0.5, 0.6) is 0 Å². The van der Waals surface area contributed by atoms with E-state index in [9.17, 15) is 0 Å². The Morgan fingerprint density at radius 1 is 1.30 bits per heavy atom. The Hall–Kier alpha value is -1.43. The number of benzene rings is 1. The number of rotatable bonds is 6. The number of hydrogen-bond donors (Lipinski definition) is 3. The third-order valence-electron chi connectivity index (χ3n) is 4.71. The van der Waals surface area contributed by atoms with E-state index in [2.05, 4.69) is 64.7 Å². The Kier molecular flexibility index (Phi) is 4.99. The van der Waals surface area contributed by atoms with E-state index in [-0.39, 0.29) is 5.41 Å². The largest absolute Gasteiger partial charge is 0.331 e. The van der Waals surface area contributed by atoms with Crippen molar-refractivity contribution >= 4 is 11.0 Å². The van der Waals surface area contributed by atoms with Crippen LogP contribution in [0.1, 0.15) is 27.2 Å². The summed E-state index contributed by atoms with van der Waals surface area (Å²) in [4.78, 5) is 4.44. The summed E-state index contributed by atoms with van der Waals surface area (Å²) in [6.07, 6.45) is 3.07. The van der Waals surface area contributed by atoms with Crippen molar-refractivity contribution in [2.75, 3.05) is 19.6 Å². The highest BCUT2D eigenvalue weighted by atomic mass is 15.4. The maximum absolute atomic E-state index is 4.44. The highest BCUT2D eigenvalue weighted by Gasteiger charge is 2.35. The minimum atomic E-state index is 0.283. The second-order valence-electron chi connectivity index (χ2n) is 7.61. The average molecular weight is 315 g/mol.